The molecule has 1 aromatic heterocycles. The Morgan fingerprint density at radius 2 is 1.73 bits per heavy atom. The van der Waals surface area contributed by atoms with Crippen molar-refractivity contribution in [3.63, 3.8) is 0 Å². The van der Waals surface area contributed by atoms with Crippen molar-refractivity contribution in [2.24, 2.45) is 5.41 Å². The number of thiophene rings is 1. The smallest absolute Gasteiger partial charge is 0.250 e. The van der Waals surface area contributed by atoms with Crippen molar-refractivity contribution in [3.05, 3.63) is 51.9 Å². The molecule has 7 heteroatoms. The Hall–Kier alpha value is -0.920. The Labute approximate surface area is 164 Å². The van der Waals surface area contributed by atoms with Crippen molar-refractivity contribution in [1.82, 2.24) is 4.72 Å². The quantitative estimate of drug-likeness (QED) is 0.686. The number of aliphatic hydroxyl groups is 1. The van der Waals surface area contributed by atoms with Gasteiger partial charge in [-0.1, -0.05) is 48.7 Å². The lowest BCUT2D eigenvalue weighted by atomic mass is 9.80. The Morgan fingerprint density at radius 1 is 1.08 bits per heavy atom. The van der Waals surface area contributed by atoms with Crippen LogP contribution in [0.4, 0.5) is 0 Å². The number of halogens is 1. The third-order valence-electron chi connectivity index (χ3n) is 5.12. The maximum atomic E-state index is 12.5. The first-order valence-electron chi connectivity index (χ1n) is 8.86. The summed E-state index contributed by atoms with van der Waals surface area (Å²) in [5.41, 5.74) is 2.30. The molecule has 0 bridgehead atoms. The molecule has 0 atom stereocenters. The van der Waals surface area contributed by atoms with E-state index in [-0.39, 0.29) is 16.2 Å². The van der Waals surface area contributed by atoms with Crippen LogP contribution in [0.3, 0.4) is 0 Å². The monoisotopic (exact) mass is 413 g/mol. The maximum Gasteiger partial charge on any atom is 0.250 e. The van der Waals surface area contributed by atoms with Crippen LogP contribution in [0.2, 0.25) is 4.34 Å². The van der Waals surface area contributed by atoms with Crippen molar-refractivity contribution in [3.8, 4) is 0 Å². The van der Waals surface area contributed by atoms with Gasteiger partial charge >= 0.3 is 0 Å². The van der Waals surface area contributed by atoms with Crippen molar-refractivity contribution in [2.75, 3.05) is 13.2 Å². The predicted molar refractivity (Wildman–Crippen MR) is 106 cm³/mol. The summed E-state index contributed by atoms with van der Waals surface area (Å²) in [6.07, 6.45) is 5.84. The van der Waals surface area contributed by atoms with E-state index in [0.29, 0.717) is 17.3 Å². The normalized spacial score (nSPS) is 16.8. The molecule has 0 aliphatic heterocycles. The Morgan fingerprint density at radius 3 is 2.31 bits per heavy atom. The van der Waals surface area contributed by atoms with E-state index < -0.39 is 10.0 Å². The van der Waals surface area contributed by atoms with Crippen molar-refractivity contribution >= 4 is 33.0 Å². The van der Waals surface area contributed by atoms with Crippen molar-refractivity contribution < 1.29 is 13.5 Å². The van der Waals surface area contributed by atoms with Crippen LogP contribution in [-0.2, 0) is 22.9 Å². The van der Waals surface area contributed by atoms with E-state index in [1.54, 1.807) is 12.1 Å². The van der Waals surface area contributed by atoms with Gasteiger partial charge in [-0.3, -0.25) is 0 Å². The van der Waals surface area contributed by atoms with E-state index in [9.17, 15) is 8.42 Å². The van der Waals surface area contributed by atoms with Gasteiger partial charge in [0, 0.05) is 13.2 Å². The molecule has 3 rings (SSSR count). The zero-order chi connectivity index (χ0) is 18.6. The number of rotatable bonds is 8. The first kappa shape index (κ1) is 19.8. The molecule has 0 radical (unpaired) electrons. The Bertz CT molecular complexity index is 825. The minimum Gasteiger partial charge on any atom is -0.396 e. The summed E-state index contributed by atoms with van der Waals surface area (Å²) in [5.74, 6) is 0. The third kappa shape index (κ3) is 4.87. The molecule has 0 saturated heterocycles. The van der Waals surface area contributed by atoms with Crippen LogP contribution in [0.25, 0.3) is 0 Å². The number of hydrogen-bond donors (Lipinski definition) is 2. The molecular formula is C19H24ClNO3S2. The third-order valence-corrected chi connectivity index (χ3v) is 8.24. The van der Waals surface area contributed by atoms with Gasteiger partial charge in [-0.15, -0.1) is 11.3 Å². The predicted octanol–water partition coefficient (Wildman–Crippen LogP) is 4.02. The molecule has 1 aliphatic carbocycles. The fourth-order valence-corrected chi connectivity index (χ4v) is 6.37. The lowest BCUT2D eigenvalue weighted by Gasteiger charge is -2.29. The fraction of sp³-hybridized carbons (Fsp3) is 0.474. The highest BCUT2D eigenvalue weighted by molar-refractivity contribution is 7.91. The van der Waals surface area contributed by atoms with Crippen LogP contribution in [0.15, 0.2) is 40.6 Å². The largest absolute Gasteiger partial charge is 0.396 e. The van der Waals surface area contributed by atoms with Crippen molar-refractivity contribution in [2.45, 2.75) is 42.7 Å². The molecule has 0 amide bonds. The van der Waals surface area contributed by atoms with Gasteiger partial charge in [-0.05, 0) is 54.4 Å². The highest BCUT2D eigenvalue weighted by atomic mass is 35.5. The molecule has 1 aromatic carbocycles. The highest BCUT2D eigenvalue weighted by Crippen LogP contribution is 2.41. The summed E-state index contributed by atoms with van der Waals surface area (Å²) < 4.78 is 28.6. The summed E-state index contributed by atoms with van der Waals surface area (Å²) >= 11 is 6.96. The number of sulfonamides is 1. The molecule has 142 valence electrons. The van der Waals surface area contributed by atoms with Gasteiger partial charge in [-0.25, -0.2) is 13.1 Å². The summed E-state index contributed by atoms with van der Waals surface area (Å²) in [6.45, 7) is 0.598. The van der Waals surface area contributed by atoms with Crippen LogP contribution in [0.5, 0.6) is 0 Å². The van der Waals surface area contributed by atoms with Crippen LogP contribution < -0.4 is 4.72 Å². The molecule has 1 heterocycles. The first-order chi connectivity index (χ1) is 12.4. The lowest BCUT2D eigenvalue weighted by molar-refractivity contribution is 0.294. The maximum absolute atomic E-state index is 12.5. The summed E-state index contributed by atoms with van der Waals surface area (Å²) in [7, 11) is -3.52. The van der Waals surface area contributed by atoms with Gasteiger partial charge in [0.2, 0.25) is 10.0 Å². The second-order valence-electron chi connectivity index (χ2n) is 7.06. The molecule has 26 heavy (non-hydrogen) atoms. The fourth-order valence-electron chi connectivity index (χ4n) is 3.69. The average Bonchev–Trinajstić information content (AvgIpc) is 3.26. The second-order valence-corrected chi connectivity index (χ2v) is 10.8. The molecule has 2 aromatic rings. The van der Waals surface area contributed by atoms with Gasteiger partial charge in [-0.2, -0.15) is 0 Å². The Kier molecular flexibility index (Phi) is 6.41. The van der Waals surface area contributed by atoms with E-state index in [0.717, 1.165) is 49.0 Å². The van der Waals surface area contributed by atoms with E-state index in [2.05, 4.69) is 16.9 Å². The molecule has 0 unspecified atom stereocenters. The van der Waals surface area contributed by atoms with Crippen molar-refractivity contribution in [1.29, 1.82) is 0 Å². The van der Waals surface area contributed by atoms with Crippen LogP contribution in [0, 0.1) is 5.41 Å². The summed E-state index contributed by atoms with van der Waals surface area (Å²) in [6, 6.07) is 11.5. The SMILES string of the molecule is O=S(=O)(NCC1(Cc2ccc(CCO)cc2)CCCC1)c1ccc(Cl)s1. The average molecular weight is 414 g/mol. The minimum atomic E-state index is -3.52. The van der Waals surface area contributed by atoms with Gasteiger partial charge in [0.05, 0.1) is 4.34 Å². The Balaban J connectivity index is 1.69. The first-order valence-corrected chi connectivity index (χ1v) is 11.5. The number of hydrogen-bond acceptors (Lipinski definition) is 4. The van der Waals surface area contributed by atoms with E-state index in [1.165, 1.54) is 5.56 Å². The molecule has 1 fully saturated rings. The van der Waals surface area contributed by atoms with Crippen LogP contribution >= 0.6 is 22.9 Å². The molecule has 2 N–H and O–H groups in total. The van der Waals surface area contributed by atoms with Gasteiger partial charge in [0.25, 0.3) is 0 Å². The zero-order valence-corrected chi connectivity index (χ0v) is 17.0. The van der Waals surface area contributed by atoms with Crippen LogP contribution in [-0.4, -0.2) is 26.7 Å². The highest BCUT2D eigenvalue weighted by Gasteiger charge is 2.35. The topological polar surface area (TPSA) is 66.4 Å². The molecule has 4 nitrogen and oxygen atoms in total. The number of aliphatic hydroxyl groups excluding tert-OH is 1. The van der Waals surface area contributed by atoms with Crippen LogP contribution in [0.1, 0.15) is 36.8 Å². The van der Waals surface area contributed by atoms with Gasteiger partial charge < -0.3 is 5.11 Å². The second kappa shape index (κ2) is 8.40. The van der Waals surface area contributed by atoms with E-state index in [1.807, 2.05) is 12.1 Å². The lowest BCUT2D eigenvalue weighted by Crippen LogP contribution is -2.37. The standard InChI is InChI=1S/C19H24ClNO3S2/c20-17-7-8-18(25-17)26(23,24)21-14-19(10-1-2-11-19)13-16-5-3-15(4-6-16)9-12-22/h3-8,21-22H,1-2,9-14H2. The summed E-state index contributed by atoms with van der Waals surface area (Å²) in [4.78, 5) is 0. The van der Waals surface area contributed by atoms with E-state index in [4.69, 9.17) is 16.7 Å². The van der Waals surface area contributed by atoms with E-state index >= 15 is 0 Å². The number of nitrogens with one attached hydrogen (secondary N) is 1. The minimum absolute atomic E-state index is 0.0351. The van der Waals surface area contributed by atoms with Gasteiger partial charge in [0.1, 0.15) is 4.21 Å². The van der Waals surface area contributed by atoms with Gasteiger partial charge in [0.15, 0.2) is 0 Å². The summed E-state index contributed by atoms with van der Waals surface area (Å²) in [5, 5.41) is 9.03. The molecule has 1 aliphatic rings. The number of benzene rings is 1. The zero-order valence-electron chi connectivity index (χ0n) is 14.6. The molecule has 0 spiro atoms. The molecular weight excluding hydrogens is 390 g/mol. The molecule has 1 saturated carbocycles.